The zero-order valence-corrected chi connectivity index (χ0v) is 17.9. The summed E-state index contributed by atoms with van der Waals surface area (Å²) in [5.41, 5.74) is 0.891. The molecule has 6 heteroatoms. The highest BCUT2D eigenvalue weighted by atomic mass is 79.9. The maximum absolute atomic E-state index is 13.3. The zero-order valence-electron chi connectivity index (χ0n) is 16.3. The van der Waals surface area contributed by atoms with Crippen molar-refractivity contribution in [3.05, 3.63) is 40.9 Å². The minimum Gasteiger partial charge on any atom is -0.393 e. The Labute approximate surface area is 179 Å². The summed E-state index contributed by atoms with van der Waals surface area (Å²) in [5.74, 6) is -0.311. The van der Waals surface area contributed by atoms with Crippen LogP contribution in [-0.2, 0) is 9.59 Å². The van der Waals surface area contributed by atoms with E-state index in [4.69, 9.17) is 0 Å². The largest absolute Gasteiger partial charge is 0.393 e. The Kier molecular flexibility index (Phi) is 4.82. The van der Waals surface area contributed by atoms with Crippen molar-refractivity contribution in [1.29, 1.82) is 0 Å². The van der Waals surface area contributed by atoms with Crippen LogP contribution in [0, 0.1) is 29.1 Å². The Bertz CT molecular complexity index is 840. The number of amides is 2. The van der Waals surface area contributed by atoms with Crippen molar-refractivity contribution < 1.29 is 14.7 Å². The lowest BCUT2D eigenvalue weighted by molar-refractivity contribution is -0.133. The van der Waals surface area contributed by atoms with Crippen molar-refractivity contribution in [2.45, 2.75) is 50.7 Å². The van der Waals surface area contributed by atoms with E-state index in [1.165, 1.54) is 0 Å². The molecule has 2 amide bonds. The van der Waals surface area contributed by atoms with Crippen molar-refractivity contribution in [3.8, 4) is 0 Å². The number of aliphatic hydroxyl groups is 1. The number of allylic oxidation sites excluding steroid dienone is 2. The molecule has 0 aromatic heterocycles. The highest BCUT2D eigenvalue weighted by Crippen LogP contribution is 2.72. The van der Waals surface area contributed by atoms with Crippen molar-refractivity contribution in [2.24, 2.45) is 29.1 Å². The average molecular weight is 459 g/mol. The van der Waals surface area contributed by atoms with Crippen LogP contribution in [0.25, 0.3) is 0 Å². The van der Waals surface area contributed by atoms with Gasteiger partial charge in [-0.05, 0) is 80.0 Å². The summed E-state index contributed by atoms with van der Waals surface area (Å²) in [7, 11) is 0. The molecule has 0 saturated heterocycles. The van der Waals surface area contributed by atoms with Gasteiger partial charge in [-0.15, -0.1) is 0 Å². The second-order valence-corrected chi connectivity index (χ2v) is 10.1. The summed E-state index contributed by atoms with van der Waals surface area (Å²) in [6.45, 7) is 0. The molecule has 0 unspecified atom stereocenters. The molecule has 154 valence electrons. The van der Waals surface area contributed by atoms with Crippen LogP contribution >= 0.6 is 15.9 Å². The zero-order chi connectivity index (χ0) is 20.2. The van der Waals surface area contributed by atoms with Gasteiger partial charge >= 0.3 is 0 Å². The summed E-state index contributed by atoms with van der Waals surface area (Å²) < 4.78 is 0.963. The number of carbonyl (C=O) groups is 2. The van der Waals surface area contributed by atoms with E-state index in [0.717, 1.165) is 48.7 Å². The monoisotopic (exact) mass is 458 g/mol. The fourth-order valence-corrected chi connectivity index (χ4v) is 6.25. The second kappa shape index (κ2) is 7.24. The Morgan fingerprint density at radius 2 is 1.52 bits per heavy atom. The first kappa shape index (κ1) is 19.3. The fourth-order valence-electron chi connectivity index (χ4n) is 5.99. The Balaban J connectivity index is 1.34. The van der Waals surface area contributed by atoms with E-state index in [-0.39, 0.29) is 53.0 Å². The first-order valence-corrected chi connectivity index (χ1v) is 11.5. The number of nitrogens with one attached hydrogen (secondary N) is 2. The molecule has 3 N–H and O–H groups in total. The Morgan fingerprint density at radius 1 is 0.931 bits per heavy atom. The van der Waals surface area contributed by atoms with Crippen molar-refractivity contribution in [1.82, 2.24) is 5.32 Å². The van der Waals surface area contributed by atoms with Crippen LogP contribution < -0.4 is 10.6 Å². The molecule has 2 bridgehead atoms. The lowest BCUT2D eigenvalue weighted by atomic mass is 9.81. The van der Waals surface area contributed by atoms with Crippen LogP contribution in [-0.4, -0.2) is 29.1 Å². The van der Waals surface area contributed by atoms with Gasteiger partial charge in [-0.2, -0.15) is 0 Å². The molecule has 0 radical (unpaired) electrons. The summed E-state index contributed by atoms with van der Waals surface area (Å²) in [4.78, 5) is 26.6. The van der Waals surface area contributed by atoms with Crippen LogP contribution in [0.3, 0.4) is 0 Å². The first-order chi connectivity index (χ1) is 14.0. The smallest absolute Gasteiger partial charge is 0.228 e. The van der Waals surface area contributed by atoms with Gasteiger partial charge in [-0.3, -0.25) is 9.59 Å². The van der Waals surface area contributed by atoms with Crippen LogP contribution in [0.15, 0.2) is 40.9 Å². The molecule has 1 aromatic rings. The molecule has 5 nitrogen and oxygen atoms in total. The number of halogens is 1. The van der Waals surface area contributed by atoms with Crippen LogP contribution in [0.5, 0.6) is 0 Å². The number of anilines is 1. The van der Waals surface area contributed by atoms with E-state index < -0.39 is 0 Å². The molecule has 0 heterocycles. The van der Waals surface area contributed by atoms with Gasteiger partial charge < -0.3 is 15.7 Å². The van der Waals surface area contributed by atoms with Gasteiger partial charge in [0.15, 0.2) is 0 Å². The number of hydrogen-bond acceptors (Lipinski definition) is 3. The average Bonchev–Trinajstić information content (AvgIpc) is 3.38. The molecular formula is C23H27BrN2O3. The van der Waals surface area contributed by atoms with E-state index in [0.29, 0.717) is 0 Å². The van der Waals surface area contributed by atoms with Gasteiger partial charge in [0, 0.05) is 16.2 Å². The van der Waals surface area contributed by atoms with Crippen molar-refractivity contribution >= 4 is 33.4 Å². The third-order valence-corrected chi connectivity index (χ3v) is 8.13. The molecule has 4 atom stereocenters. The molecule has 5 rings (SSSR count). The Morgan fingerprint density at radius 3 is 2.10 bits per heavy atom. The first-order valence-electron chi connectivity index (χ1n) is 10.7. The third-order valence-electron chi connectivity index (χ3n) is 7.60. The summed E-state index contributed by atoms with van der Waals surface area (Å²) in [6.07, 6.45) is 9.44. The molecule has 0 aliphatic heterocycles. The van der Waals surface area contributed by atoms with Gasteiger partial charge in [0.25, 0.3) is 0 Å². The predicted octanol–water partition coefficient (Wildman–Crippen LogP) is 3.64. The third kappa shape index (κ3) is 3.34. The highest BCUT2D eigenvalue weighted by molar-refractivity contribution is 9.10. The molecule has 1 spiro atoms. The van der Waals surface area contributed by atoms with Crippen LogP contribution in [0.4, 0.5) is 5.69 Å². The lowest BCUT2D eigenvalue weighted by Gasteiger charge is -2.31. The topological polar surface area (TPSA) is 78.4 Å². The SMILES string of the molecule is O=C(Nc1ccc(Br)cc1)[C@H]1[C@H](C(=O)NC2CCC(O)CC2)[C@H]2C=C[C@H]1C21CC1. The number of rotatable bonds is 4. The minimum atomic E-state index is -0.315. The second-order valence-electron chi connectivity index (χ2n) is 9.23. The number of benzene rings is 1. The van der Waals surface area contributed by atoms with Gasteiger partial charge in [-0.25, -0.2) is 0 Å². The lowest BCUT2D eigenvalue weighted by Crippen LogP contribution is -2.46. The van der Waals surface area contributed by atoms with E-state index in [2.05, 4.69) is 38.7 Å². The van der Waals surface area contributed by atoms with E-state index in [1.54, 1.807) is 0 Å². The summed E-state index contributed by atoms with van der Waals surface area (Å²) in [5, 5.41) is 16.0. The maximum Gasteiger partial charge on any atom is 0.228 e. The molecule has 4 aliphatic rings. The standard InChI is InChI=1S/C23H27BrN2O3/c24-13-1-3-14(4-2-13)25-21(28)19-17-9-10-18(23(17)11-12-23)20(19)22(29)26-15-5-7-16(27)8-6-15/h1-4,9-10,15-20,27H,5-8,11-12H2,(H,25,28)(H,26,29)/t15?,16?,17-,18-,19-,20-/m1/s1. The molecule has 3 fully saturated rings. The number of carbonyl (C=O) groups excluding carboxylic acids is 2. The Hall–Kier alpha value is -1.66. The van der Waals surface area contributed by atoms with Gasteiger partial charge in [0.2, 0.25) is 11.8 Å². The quantitative estimate of drug-likeness (QED) is 0.602. The predicted molar refractivity (Wildman–Crippen MR) is 114 cm³/mol. The molecular weight excluding hydrogens is 432 g/mol. The van der Waals surface area contributed by atoms with Gasteiger partial charge in [0.05, 0.1) is 17.9 Å². The molecule has 4 aliphatic carbocycles. The van der Waals surface area contributed by atoms with E-state index in [9.17, 15) is 14.7 Å². The summed E-state index contributed by atoms with van der Waals surface area (Å²) >= 11 is 3.42. The molecule has 29 heavy (non-hydrogen) atoms. The number of hydrogen-bond donors (Lipinski definition) is 3. The highest BCUT2D eigenvalue weighted by Gasteiger charge is 2.69. The van der Waals surface area contributed by atoms with Gasteiger partial charge in [0.1, 0.15) is 0 Å². The van der Waals surface area contributed by atoms with Crippen molar-refractivity contribution in [3.63, 3.8) is 0 Å². The summed E-state index contributed by atoms with van der Waals surface area (Å²) in [6, 6.07) is 7.67. The number of aliphatic hydroxyl groups excluding tert-OH is 1. The van der Waals surface area contributed by atoms with Crippen LogP contribution in [0.2, 0.25) is 0 Å². The minimum absolute atomic E-state index is 0.0190. The van der Waals surface area contributed by atoms with Gasteiger partial charge in [-0.1, -0.05) is 28.1 Å². The van der Waals surface area contributed by atoms with E-state index >= 15 is 0 Å². The molecule has 3 saturated carbocycles. The normalized spacial score (nSPS) is 36.2. The molecule has 1 aromatic carbocycles. The maximum atomic E-state index is 13.3. The van der Waals surface area contributed by atoms with Crippen molar-refractivity contribution in [2.75, 3.05) is 5.32 Å². The van der Waals surface area contributed by atoms with Crippen LogP contribution in [0.1, 0.15) is 38.5 Å². The fraction of sp³-hybridized carbons (Fsp3) is 0.565. The van der Waals surface area contributed by atoms with E-state index in [1.807, 2.05) is 24.3 Å².